The predicted molar refractivity (Wildman–Crippen MR) is 69.0 cm³/mol. The van der Waals surface area contributed by atoms with Gasteiger partial charge in [-0.3, -0.25) is 0 Å². The monoisotopic (exact) mass is 222 g/mol. The molecule has 1 N–H and O–H groups in total. The molecule has 1 rings (SSSR count). The van der Waals surface area contributed by atoms with Crippen LogP contribution < -0.4 is 10.2 Å². The Labute approximate surface area is 98.1 Å². The number of nitrogens with one attached hydrogen (secondary N) is 1. The number of anilines is 2. The fourth-order valence-electron chi connectivity index (χ4n) is 1.68. The SMILES string of the molecule is CCCN(CCC)c1cc(NCC)ncn1. The molecule has 0 aromatic carbocycles. The molecule has 1 aromatic heterocycles. The second-order valence-corrected chi connectivity index (χ2v) is 3.78. The van der Waals surface area contributed by atoms with Gasteiger partial charge in [-0.15, -0.1) is 0 Å². The van der Waals surface area contributed by atoms with Gasteiger partial charge >= 0.3 is 0 Å². The first-order valence-corrected chi connectivity index (χ1v) is 6.12. The van der Waals surface area contributed by atoms with Crippen molar-refractivity contribution in [2.75, 3.05) is 29.9 Å². The average molecular weight is 222 g/mol. The Morgan fingerprint density at radius 3 is 2.38 bits per heavy atom. The number of nitrogens with zero attached hydrogens (tertiary/aromatic N) is 3. The van der Waals surface area contributed by atoms with Crippen LogP contribution in [0.25, 0.3) is 0 Å². The summed E-state index contributed by atoms with van der Waals surface area (Å²) in [6, 6.07) is 2.02. The summed E-state index contributed by atoms with van der Waals surface area (Å²) in [5, 5.41) is 3.21. The molecule has 0 radical (unpaired) electrons. The molecule has 0 amide bonds. The first kappa shape index (κ1) is 12.7. The van der Waals surface area contributed by atoms with E-state index < -0.39 is 0 Å². The summed E-state index contributed by atoms with van der Waals surface area (Å²) >= 11 is 0. The fraction of sp³-hybridized carbons (Fsp3) is 0.667. The number of rotatable bonds is 7. The van der Waals surface area contributed by atoms with Crippen molar-refractivity contribution in [2.24, 2.45) is 0 Å². The minimum atomic E-state index is 0.887. The topological polar surface area (TPSA) is 41.0 Å². The van der Waals surface area contributed by atoms with Crippen molar-refractivity contribution < 1.29 is 0 Å². The van der Waals surface area contributed by atoms with E-state index in [1.165, 1.54) is 0 Å². The maximum atomic E-state index is 4.33. The van der Waals surface area contributed by atoms with E-state index in [4.69, 9.17) is 0 Å². The van der Waals surface area contributed by atoms with E-state index in [0.29, 0.717) is 0 Å². The molecule has 0 saturated carbocycles. The molecule has 1 heterocycles. The highest BCUT2D eigenvalue weighted by Crippen LogP contribution is 2.14. The van der Waals surface area contributed by atoms with Gasteiger partial charge in [0.15, 0.2) is 0 Å². The molecular formula is C12H22N4. The maximum Gasteiger partial charge on any atom is 0.134 e. The van der Waals surface area contributed by atoms with Gasteiger partial charge in [-0.25, -0.2) is 9.97 Å². The third-order valence-electron chi connectivity index (χ3n) is 2.32. The van der Waals surface area contributed by atoms with Crippen molar-refractivity contribution in [3.8, 4) is 0 Å². The lowest BCUT2D eigenvalue weighted by atomic mass is 10.3. The molecule has 0 aliphatic rings. The van der Waals surface area contributed by atoms with Gasteiger partial charge in [-0.05, 0) is 19.8 Å². The molecule has 16 heavy (non-hydrogen) atoms. The van der Waals surface area contributed by atoms with Crippen molar-refractivity contribution in [3.63, 3.8) is 0 Å². The first-order chi connectivity index (χ1) is 7.81. The molecule has 4 nitrogen and oxygen atoms in total. The highest BCUT2D eigenvalue weighted by molar-refractivity contribution is 5.48. The quantitative estimate of drug-likeness (QED) is 0.769. The number of hydrogen-bond acceptors (Lipinski definition) is 4. The fourth-order valence-corrected chi connectivity index (χ4v) is 1.68. The lowest BCUT2D eigenvalue weighted by molar-refractivity contribution is 0.733. The molecule has 0 saturated heterocycles. The van der Waals surface area contributed by atoms with Crippen molar-refractivity contribution in [1.82, 2.24) is 9.97 Å². The molecule has 4 heteroatoms. The molecule has 0 aliphatic carbocycles. The molecular weight excluding hydrogens is 200 g/mol. The Kier molecular flexibility index (Phi) is 5.61. The van der Waals surface area contributed by atoms with E-state index in [0.717, 1.165) is 44.1 Å². The van der Waals surface area contributed by atoms with Gasteiger partial charge in [0.2, 0.25) is 0 Å². The minimum absolute atomic E-state index is 0.887. The van der Waals surface area contributed by atoms with E-state index in [2.05, 4.69) is 41.0 Å². The van der Waals surface area contributed by atoms with Crippen LogP contribution in [0.4, 0.5) is 11.6 Å². The third kappa shape index (κ3) is 3.68. The molecule has 0 unspecified atom stereocenters. The molecule has 0 atom stereocenters. The van der Waals surface area contributed by atoms with Gasteiger partial charge in [-0.2, -0.15) is 0 Å². The van der Waals surface area contributed by atoms with E-state index >= 15 is 0 Å². The van der Waals surface area contributed by atoms with E-state index in [1.54, 1.807) is 6.33 Å². The maximum absolute atomic E-state index is 4.33. The van der Waals surface area contributed by atoms with Crippen molar-refractivity contribution in [3.05, 3.63) is 12.4 Å². The lowest BCUT2D eigenvalue weighted by Crippen LogP contribution is -2.26. The van der Waals surface area contributed by atoms with Crippen LogP contribution in [0.15, 0.2) is 12.4 Å². The van der Waals surface area contributed by atoms with Gasteiger partial charge in [0, 0.05) is 25.7 Å². The van der Waals surface area contributed by atoms with Gasteiger partial charge < -0.3 is 10.2 Å². The van der Waals surface area contributed by atoms with Crippen molar-refractivity contribution >= 4 is 11.6 Å². The molecule has 0 spiro atoms. The minimum Gasteiger partial charge on any atom is -0.370 e. The number of hydrogen-bond donors (Lipinski definition) is 1. The summed E-state index contributed by atoms with van der Waals surface area (Å²) in [4.78, 5) is 10.8. The van der Waals surface area contributed by atoms with Crippen LogP contribution in [0.2, 0.25) is 0 Å². The van der Waals surface area contributed by atoms with Gasteiger partial charge in [0.05, 0.1) is 0 Å². The molecule has 90 valence electrons. The van der Waals surface area contributed by atoms with Gasteiger partial charge in [0.25, 0.3) is 0 Å². The van der Waals surface area contributed by atoms with Crippen LogP contribution in [-0.4, -0.2) is 29.6 Å². The zero-order chi connectivity index (χ0) is 11.8. The summed E-state index contributed by atoms with van der Waals surface area (Å²) in [5.74, 6) is 1.93. The largest absolute Gasteiger partial charge is 0.370 e. The summed E-state index contributed by atoms with van der Waals surface area (Å²) in [7, 11) is 0. The molecule has 0 bridgehead atoms. The zero-order valence-electron chi connectivity index (χ0n) is 10.5. The van der Waals surface area contributed by atoms with Crippen LogP contribution in [0, 0.1) is 0 Å². The average Bonchev–Trinajstić information content (AvgIpc) is 2.30. The highest BCUT2D eigenvalue weighted by Gasteiger charge is 2.06. The lowest BCUT2D eigenvalue weighted by Gasteiger charge is -2.22. The van der Waals surface area contributed by atoms with Gasteiger partial charge in [0.1, 0.15) is 18.0 Å². The smallest absolute Gasteiger partial charge is 0.134 e. The Morgan fingerprint density at radius 1 is 1.12 bits per heavy atom. The highest BCUT2D eigenvalue weighted by atomic mass is 15.2. The standard InChI is InChI=1S/C12H22N4/c1-4-7-16(8-5-2)12-9-11(13-6-3)14-10-15-12/h9-10H,4-8H2,1-3H3,(H,13,14,15). The van der Waals surface area contributed by atoms with Crippen molar-refractivity contribution in [1.29, 1.82) is 0 Å². The van der Waals surface area contributed by atoms with Crippen molar-refractivity contribution in [2.45, 2.75) is 33.6 Å². The third-order valence-corrected chi connectivity index (χ3v) is 2.32. The summed E-state index contributed by atoms with van der Waals surface area (Å²) in [6.07, 6.45) is 3.91. The van der Waals surface area contributed by atoms with Gasteiger partial charge in [-0.1, -0.05) is 13.8 Å². The van der Waals surface area contributed by atoms with E-state index in [-0.39, 0.29) is 0 Å². The molecule has 0 aliphatic heterocycles. The Hall–Kier alpha value is -1.32. The normalized spacial score (nSPS) is 10.2. The van der Waals surface area contributed by atoms with Crippen LogP contribution >= 0.6 is 0 Å². The molecule has 1 aromatic rings. The second kappa shape index (κ2) is 7.04. The first-order valence-electron chi connectivity index (χ1n) is 6.12. The number of aromatic nitrogens is 2. The van der Waals surface area contributed by atoms with Crippen LogP contribution in [0.5, 0.6) is 0 Å². The van der Waals surface area contributed by atoms with Crippen LogP contribution in [-0.2, 0) is 0 Å². The van der Waals surface area contributed by atoms with E-state index in [9.17, 15) is 0 Å². The van der Waals surface area contributed by atoms with E-state index in [1.807, 2.05) is 6.07 Å². The summed E-state index contributed by atoms with van der Waals surface area (Å²) in [5.41, 5.74) is 0. The molecule has 0 fully saturated rings. The second-order valence-electron chi connectivity index (χ2n) is 3.78. The Morgan fingerprint density at radius 2 is 1.81 bits per heavy atom. The predicted octanol–water partition coefficient (Wildman–Crippen LogP) is 2.53. The Balaban J connectivity index is 2.77. The zero-order valence-corrected chi connectivity index (χ0v) is 10.5. The van der Waals surface area contributed by atoms with Crippen LogP contribution in [0.3, 0.4) is 0 Å². The Bertz CT molecular complexity index is 295. The summed E-state index contributed by atoms with van der Waals surface area (Å²) < 4.78 is 0. The summed E-state index contributed by atoms with van der Waals surface area (Å²) in [6.45, 7) is 9.44. The van der Waals surface area contributed by atoms with Crippen LogP contribution in [0.1, 0.15) is 33.6 Å².